The van der Waals surface area contributed by atoms with E-state index in [2.05, 4.69) is 28.9 Å². The number of hydrogen-bond acceptors (Lipinski definition) is 3. The summed E-state index contributed by atoms with van der Waals surface area (Å²) in [5, 5.41) is 0. The molecule has 0 fully saturated rings. The van der Waals surface area contributed by atoms with Gasteiger partial charge in [-0.1, -0.05) is 30.4 Å². The summed E-state index contributed by atoms with van der Waals surface area (Å²) in [5.41, 5.74) is 8.45. The van der Waals surface area contributed by atoms with E-state index in [-0.39, 0.29) is 0 Å². The molecule has 18 heavy (non-hydrogen) atoms. The third-order valence-corrected chi connectivity index (χ3v) is 2.90. The molecular weight excluding hydrogens is 242 g/mol. The van der Waals surface area contributed by atoms with Crippen LogP contribution in [0.5, 0.6) is 0 Å². The molecule has 0 aliphatic carbocycles. The van der Waals surface area contributed by atoms with Gasteiger partial charge < -0.3 is 10.6 Å². The molecule has 0 spiro atoms. The first-order valence-corrected chi connectivity index (χ1v) is 6.21. The summed E-state index contributed by atoms with van der Waals surface area (Å²) in [6.45, 7) is 2.97. The molecule has 3 nitrogen and oxygen atoms in total. The highest BCUT2D eigenvalue weighted by molar-refractivity contribution is 7.80. The first-order valence-electron chi connectivity index (χ1n) is 5.81. The van der Waals surface area contributed by atoms with Gasteiger partial charge in [0.15, 0.2) is 0 Å². The molecule has 1 heterocycles. The minimum absolute atomic E-state index is 0.320. The quantitative estimate of drug-likeness (QED) is 0.855. The van der Waals surface area contributed by atoms with Crippen LogP contribution in [0.2, 0.25) is 0 Å². The molecular formula is C14H15N3S. The van der Waals surface area contributed by atoms with Gasteiger partial charge in [0.1, 0.15) is 4.99 Å². The lowest BCUT2D eigenvalue weighted by Crippen LogP contribution is -2.18. The van der Waals surface area contributed by atoms with Crippen molar-refractivity contribution in [3.63, 3.8) is 0 Å². The summed E-state index contributed by atoms with van der Waals surface area (Å²) in [6.07, 6.45) is 1.73. The van der Waals surface area contributed by atoms with Crippen molar-refractivity contribution < 1.29 is 0 Å². The third kappa shape index (κ3) is 2.65. The zero-order valence-electron chi connectivity index (χ0n) is 10.2. The third-order valence-electron chi connectivity index (χ3n) is 2.69. The molecule has 0 bridgehead atoms. The van der Waals surface area contributed by atoms with Crippen LogP contribution in [0.15, 0.2) is 48.7 Å². The Labute approximate surface area is 112 Å². The summed E-state index contributed by atoms with van der Waals surface area (Å²) >= 11 is 4.96. The number of pyridine rings is 1. The Morgan fingerprint density at radius 1 is 1.22 bits per heavy atom. The number of thiocarbonyl (C=S) groups is 1. The van der Waals surface area contributed by atoms with E-state index in [9.17, 15) is 0 Å². The Hall–Kier alpha value is -1.94. The maximum Gasteiger partial charge on any atom is 0.122 e. The molecule has 92 valence electrons. The highest BCUT2D eigenvalue weighted by atomic mass is 32.1. The summed E-state index contributed by atoms with van der Waals surface area (Å²) in [5.74, 6) is 0. The van der Waals surface area contributed by atoms with Gasteiger partial charge in [0.25, 0.3) is 0 Å². The molecule has 0 atom stereocenters. The van der Waals surface area contributed by atoms with Crippen LogP contribution in [0.25, 0.3) is 0 Å². The van der Waals surface area contributed by atoms with E-state index in [1.54, 1.807) is 6.20 Å². The van der Waals surface area contributed by atoms with Gasteiger partial charge >= 0.3 is 0 Å². The van der Waals surface area contributed by atoms with Gasteiger partial charge in [-0.15, -0.1) is 0 Å². The van der Waals surface area contributed by atoms with Crippen LogP contribution in [-0.2, 0) is 0 Å². The number of para-hydroxylation sites is 1. The van der Waals surface area contributed by atoms with E-state index in [4.69, 9.17) is 18.0 Å². The van der Waals surface area contributed by atoms with Crippen LogP contribution in [0.1, 0.15) is 12.6 Å². The number of anilines is 2. The molecule has 0 amide bonds. The highest BCUT2D eigenvalue weighted by Crippen LogP contribution is 2.24. The molecule has 0 unspecified atom stereocenters. The Morgan fingerprint density at radius 3 is 2.56 bits per heavy atom. The molecule has 4 heteroatoms. The summed E-state index contributed by atoms with van der Waals surface area (Å²) < 4.78 is 0. The molecule has 0 saturated carbocycles. The minimum Gasteiger partial charge on any atom is -0.388 e. The number of benzene rings is 1. The SMILES string of the molecule is CCN(c1ccccc1)c1ccnc(C(N)=S)c1. The summed E-state index contributed by atoms with van der Waals surface area (Å²) in [4.78, 5) is 6.66. The standard InChI is InChI=1S/C14H15N3S/c1-2-17(11-6-4-3-5-7-11)12-8-9-16-13(10-12)14(15)18/h3-10H,2H2,1H3,(H2,15,18). The van der Waals surface area contributed by atoms with Crippen molar-refractivity contribution in [3.8, 4) is 0 Å². The van der Waals surface area contributed by atoms with Crippen LogP contribution in [-0.4, -0.2) is 16.5 Å². The molecule has 0 radical (unpaired) electrons. The van der Waals surface area contributed by atoms with Crippen molar-refractivity contribution >= 4 is 28.6 Å². The average Bonchev–Trinajstić information content (AvgIpc) is 2.41. The number of aromatic nitrogens is 1. The zero-order chi connectivity index (χ0) is 13.0. The molecule has 1 aromatic heterocycles. The smallest absolute Gasteiger partial charge is 0.122 e. The van der Waals surface area contributed by atoms with Crippen LogP contribution in [0, 0.1) is 0 Å². The van der Waals surface area contributed by atoms with Gasteiger partial charge in [-0.3, -0.25) is 4.98 Å². The van der Waals surface area contributed by atoms with Crippen molar-refractivity contribution in [1.82, 2.24) is 4.98 Å². The molecule has 2 rings (SSSR count). The zero-order valence-corrected chi connectivity index (χ0v) is 11.0. The van der Waals surface area contributed by atoms with E-state index in [1.807, 2.05) is 30.3 Å². The molecule has 2 N–H and O–H groups in total. The predicted octanol–water partition coefficient (Wildman–Crippen LogP) is 2.87. The normalized spacial score (nSPS) is 10.1. The molecule has 0 aliphatic heterocycles. The number of nitrogens with zero attached hydrogens (tertiary/aromatic N) is 2. The second kappa shape index (κ2) is 5.60. The van der Waals surface area contributed by atoms with E-state index >= 15 is 0 Å². The molecule has 1 aromatic carbocycles. The van der Waals surface area contributed by atoms with Crippen molar-refractivity contribution in [2.75, 3.05) is 11.4 Å². The van der Waals surface area contributed by atoms with E-state index in [1.165, 1.54) is 0 Å². The van der Waals surface area contributed by atoms with Crippen molar-refractivity contribution in [1.29, 1.82) is 0 Å². The topological polar surface area (TPSA) is 42.2 Å². The van der Waals surface area contributed by atoms with Crippen LogP contribution in [0.3, 0.4) is 0 Å². The average molecular weight is 257 g/mol. The second-order valence-electron chi connectivity index (χ2n) is 3.84. The van der Waals surface area contributed by atoms with Gasteiger partial charge in [-0.25, -0.2) is 0 Å². The van der Waals surface area contributed by atoms with Crippen molar-refractivity contribution in [3.05, 3.63) is 54.4 Å². The number of rotatable bonds is 4. The monoisotopic (exact) mass is 257 g/mol. The van der Waals surface area contributed by atoms with E-state index in [0.29, 0.717) is 10.7 Å². The predicted molar refractivity (Wildman–Crippen MR) is 79.2 cm³/mol. The fourth-order valence-corrected chi connectivity index (χ4v) is 1.96. The lowest BCUT2D eigenvalue weighted by atomic mass is 10.2. The second-order valence-corrected chi connectivity index (χ2v) is 4.28. The maximum atomic E-state index is 5.61. The lowest BCUT2D eigenvalue weighted by Gasteiger charge is -2.23. The fraction of sp³-hybridized carbons (Fsp3) is 0.143. The Morgan fingerprint density at radius 2 is 1.94 bits per heavy atom. The molecule has 2 aromatic rings. The van der Waals surface area contributed by atoms with E-state index in [0.717, 1.165) is 17.9 Å². The Kier molecular flexibility index (Phi) is 3.89. The van der Waals surface area contributed by atoms with Gasteiger partial charge in [0.2, 0.25) is 0 Å². The largest absolute Gasteiger partial charge is 0.388 e. The van der Waals surface area contributed by atoms with Gasteiger partial charge in [0.05, 0.1) is 5.69 Å². The first kappa shape index (κ1) is 12.5. The Bertz CT molecular complexity index is 540. The number of hydrogen-bond donors (Lipinski definition) is 1. The van der Waals surface area contributed by atoms with Gasteiger partial charge in [-0.05, 0) is 31.2 Å². The fourth-order valence-electron chi connectivity index (χ4n) is 1.84. The summed E-state index contributed by atoms with van der Waals surface area (Å²) in [6, 6.07) is 14.1. The lowest BCUT2D eigenvalue weighted by molar-refractivity contribution is 1.02. The molecule has 0 saturated heterocycles. The van der Waals surface area contributed by atoms with Gasteiger partial charge in [0, 0.05) is 24.1 Å². The minimum atomic E-state index is 0.320. The van der Waals surface area contributed by atoms with Crippen molar-refractivity contribution in [2.24, 2.45) is 5.73 Å². The van der Waals surface area contributed by atoms with Crippen molar-refractivity contribution in [2.45, 2.75) is 6.92 Å². The van der Waals surface area contributed by atoms with Gasteiger partial charge in [-0.2, -0.15) is 0 Å². The first-order chi connectivity index (χ1) is 8.72. The number of nitrogens with two attached hydrogens (primary N) is 1. The Balaban J connectivity index is 2.39. The van der Waals surface area contributed by atoms with Crippen LogP contribution < -0.4 is 10.6 Å². The van der Waals surface area contributed by atoms with Crippen LogP contribution in [0.4, 0.5) is 11.4 Å². The maximum absolute atomic E-state index is 5.61. The van der Waals surface area contributed by atoms with Crippen LogP contribution >= 0.6 is 12.2 Å². The summed E-state index contributed by atoms with van der Waals surface area (Å²) in [7, 11) is 0. The highest BCUT2D eigenvalue weighted by Gasteiger charge is 2.08. The molecule has 0 aliphatic rings. The van der Waals surface area contributed by atoms with E-state index < -0.39 is 0 Å².